The van der Waals surface area contributed by atoms with E-state index in [0.29, 0.717) is 31.5 Å². The van der Waals surface area contributed by atoms with Crippen LogP contribution < -0.4 is 5.32 Å². The molecule has 1 N–H and O–H groups in total. The van der Waals surface area contributed by atoms with E-state index in [1.165, 1.54) is 5.56 Å². The highest BCUT2D eigenvalue weighted by Gasteiger charge is 2.43. The highest BCUT2D eigenvalue weighted by atomic mass is 16.7. The molecule has 31 heavy (non-hydrogen) atoms. The van der Waals surface area contributed by atoms with Crippen LogP contribution in [-0.2, 0) is 14.4 Å². The van der Waals surface area contributed by atoms with E-state index >= 15 is 0 Å². The Morgan fingerprint density at radius 3 is 2.48 bits per heavy atom. The third-order valence-electron chi connectivity index (χ3n) is 6.31. The monoisotopic (exact) mass is 429 g/mol. The van der Waals surface area contributed by atoms with Crippen LogP contribution in [0.25, 0.3) is 0 Å². The number of hydroxylamine groups is 2. The molecule has 3 aliphatic rings. The first-order chi connectivity index (χ1) is 14.8. The van der Waals surface area contributed by atoms with Crippen LogP contribution in [0.4, 0.5) is 4.79 Å². The number of likely N-dealkylation sites (tertiary alicyclic amines) is 1. The molecule has 2 saturated heterocycles. The lowest BCUT2D eigenvalue weighted by Crippen LogP contribution is -2.53. The number of benzene rings is 1. The predicted molar refractivity (Wildman–Crippen MR) is 117 cm³/mol. The topological polar surface area (TPSA) is 71.1 Å². The van der Waals surface area contributed by atoms with E-state index in [0.717, 1.165) is 32.4 Å². The summed E-state index contributed by atoms with van der Waals surface area (Å²) in [5.41, 5.74) is 0.859. The summed E-state index contributed by atoms with van der Waals surface area (Å²) in [7, 11) is 0. The molecule has 2 heterocycles. The number of ether oxygens (including phenoxy) is 1. The number of hydrogen-bond acceptors (Lipinski definition) is 6. The van der Waals surface area contributed by atoms with Crippen molar-refractivity contribution >= 4 is 12.1 Å². The Morgan fingerprint density at radius 1 is 1.10 bits per heavy atom. The molecule has 7 nitrogen and oxygen atoms in total. The average Bonchev–Trinajstić information content (AvgIpc) is 3.41. The third-order valence-corrected chi connectivity index (χ3v) is 6.31. The smallest absolute Gasteiger partial charge is 0.428 e. The summed E-state index contributed by atoms with van der Waals surface area (Å²) in [6.07, 6.45) is 3.02. The minimum Gasteiger partial charge on any atom is -0.460 e. The second-order valence-electron chi connectivity index (χ2n) is 10.1. The van der Waals surface area contributed by atoms with Gasteiger partial charge in [0.25, 0.3) is 0 Å². The van der Waals surface area contributed by atoms with Gasteiger partial charge in [-0.05, 0) is 45.6 Å². The van der Waals surface area contributed by atoms with Crippen molar-refractivity contribution < 1.29 is 19.2 Å². The van der Waals surface area contributed by atoms with Crippen LogP contribution in [0, 0.1) is 5.92 Å². The maximum Gasteiger partial charge on any atom is 0.428 e. The molecule has 1 saturated carbocycles. The molecule has 1 aromatic rings. The molecular weight excluding hydrogens is 394 g/mol. The van der Waals surface area contributed by atoms with E-state index in [-0.39, 0.29) is 24.0 Å². The predicted octanol–water partition coefficient (Wildman–Crippen LogP) is 3.31. The van der Waals surface area contributed by atoms with Crippen LogP contribution in [0.15, 0.2) is 30.3 Å². The molecule has 4 rings (SSSR count). The summed E-state index contributed by atoms with van der Waals surface area (Å²) >= 11 is 0. The van der Waals surface area contributed by atoms with Gasteiger partial charge in [-0.1, -0.05) is 30.3 Å². The van der Waals surface area contributed by atoms with Crippen molar-refractivity contribution in [2.45, 2.75) is 70.1 Å². The van der Waals surface area contributed by atoms with Crippen molar-refractivity contribution in [3.8, 4) is 0 Å². The summed E-state index contributed by atoms with van der Waals surface area (Å²) < 4.78 is 5.58. The molecule has 0 bridgehead atoms. The molecule has 0 spiro atoms. The van der Waals surface area contributed by atoms with E-state index in [9.17, 15) is 9.59 Å². The van der Waals surface area contributed by atoms with Crippen molar-refractivity contribution in [1.82, 2.24) is 15.3 Å². The highest BCUT2D eigenvalue weighted by Crippen LogP contribution is 2.42. The van der Waals surface area contributed by atoms with Crippen LogP contribution >= 0.6 is 0 Å². The summed E-state index contributed by atoms with van der Waals surface area (Å²) in [5.74, 6) is 0.367. The normalized spacial score (nSPS) is 28.5. The number of carbonyl (C=O) groups excluding carboxylic acids is 2. The first-order valence-corrected chi connectivity index (χ1v) is 11.5. The zero-order valence-corrected chi connectivity index (χ0v) is 18.9. The summed E-state index contributed by atoms with van der Waals surface area (Å²) in [6, 6.07) is 11.2. The Bertz CT molecular complexity index is 775. The van der Waals surface area contributed by atoms with Gasteiger partial charge in [-0.2, -0.15) is 0 Å². The molecule has 3 fully saturated rings. The van der Waals surface area contributed by atoms with Crippen molar-refractivity contribution in [1.29, 1.82) is 0 Å². The number of rotatable bonds is 6. The van der Waals surface area contributed by atoms with Gasteiger partial charge >= 0.3 is 12.1 Å². The third kappa shape index (κ3) is 5.98. The van der Waals surface area contributed by atoms with E-state index in [1.54, 1.807) is 9.96 Å². The molecule has 1 aliphatic carbocycles. The quantitative estimate of drug-likeness (QED) is 0.700. The fourth-order valence-corrected chi connectivity index (χ4v) is 4.50. The second-order valence-corrected chi connectivity index (χ2v) is 10.1. The number of carbonyl (C=O) groups is 2. The van der Waals surface area contributed by atoms with Gasteiger partial charge in [-0.3, -0.25) is 4.79 Å². The number of esters is 1. The van der Waals surface area contributed by atoms with Gasteiger partial charge in [0.2, 0.25) is 0 Å². The van der Waals surface area contributed by atoms with Crippen LogP contribution in [0.2, 0.25) is 0 Å². The molecule has 0 aromatic heterocycles. The summed E-state index contributed by atoms with van der Waals surface area (Å²) in [4.78, 5) is 32.1. The lowest BCUT2D eigenvalue weighted by atomic mass is 9.90. The molecule has 2 unspecified atom stereocenters. The molecule has 2 aliphatic heterocycles. The SMILES string of the molecule is CC(C)(C)OC(=O)CC1CN(OC(=O)N2CCC2)CCC1N[C@@H]1C[C@H]1c1ccccc1. The molecule has 7 heteroatoms. The van der Waals surface area contributed by atoms with Crippen molar-refractivity contribution in [2.75, 3.05) is 26.2 Å². The average molecular weight is 430 g/mol. The Hall–Kier alpha value is -2.12. The number of nitrogens with zero attached hydrogens (tertiary/aromatic N) is 2. The summed E-state index contributed by atoms with van der Waals surface area (Å²) in [6.45, 7) is 8.40. The Labute approximate surface area is 185 Å². The van der Waals surface area contributed by atoms with Gasteiger partial charge in [0.1, 0.15) is 5.60 Å². The largest absolute Gasteiger partial charge is 0.460 e. The van der Waals surface area contributed by atoms with Crippen LogP contribution in [0.1, 0.15) is 57.9 Å². The number of piperidine rings is 1. The van der Waals surface area contributed by atoms with E-state index in [4.69, 9.17) is 9.57 Å². The maximum atomic E-state index is 12.6. The number of hydrogen-bond donors (Lipinski definition) is 1. The lowest BCUT2D eigenvalue weighted by molar-refractivity contribution is -0.162. The van der Waals surface area contributed by atoms with Gasteiger partial charge in [0.05, 0.1) is 6.42 Å². The van der Waals surface area contributed by atoms with Gasteiger partial charge in [-0.15, -0.1) is 5.06 Å². The van der Waals surface area contributed by atoms with E-state index in [2.05, 4.69) is 29.6 Å². The van der Waals surface area contributed by atoms with Crippen LogP contribution in [0.5, 0.6) is 0 Å². The van der Waals surface area contributed by atoms with Gasteiger partial charge in [0, 0.05) is 50.1 Å². The fraction of sp³-hybridized carbons (Fsp3) is 0.667. The van der Waals surface area contributed by atoms with Crippen LogP contribution in [0.3, 0.4) is 0 Å². The molecule has 4 atom stereocenters. The summed E-state index contributed by atoms with van der Waals surface area (Å²) in [5, 5.41) is 5.52. The standard InChI is InChI=1S/C24H35N3O4/c1-24(2,3)30-22(28)14-18-16-27(31-23(29)26-11-7-12-26)13-10-20(18)25-21-15-19(21)17-8-5-4-6-9-17/h4-6,8-9,18-21,25H,7,10-16H2,1-3H3/t18?,19-,20?,21+/m0/s1. The molecular formula is C24H35N3O4. The highest BCUT2D eigenvalue weighted by molar-refractivity contribution is 5.70. The molecule has 1 amide bonds. The van der Waals surface area contributed by atoms with Crippen molar-refractivity contribution in [3.05, 3.63) is 35.9 Å². The zero-order valence-electron chi connectivity index (χ0n) is 18.9. The maximum absolute atomic E-state index is 12.6. The Kier molecular flexibility index (Phi) is 6.53. The van der Waals surface area contributed by atoms with Crippen molar-refractivity contribution in [2.24, 2.45) is 5.92 Å². The zero-order chi connectivity index (χ0) is 22.0. The van der Waals surface area contributed by atoms with Gasteiger partial charge < -0.3 is 19.8 Å². The Morgan fingerprint density at radius 2 is 1.84 bits per heavy atom. The van der Waals surface area contributed by atoms with Gasteiger partial charge in [0.15, 0.2) is 0 Å². The minimum atomic E-state index is -0.507. The second kappa shape index (κ2) is 9.17. The molecule has 170 valence electrons. The Balaban J connectivity index is 1.36. The van der Waals surface area contributed by atoms with Crippen molar-refractivity contribution in [3.63, 3.8) is 0 Å². The fourth-order valence-electron chi connectivity index (χ4n) is 4.50. The molecule has 0 radical (unpaired) electrons. The van der Waals surface area contributed by atoms with Gasteiger partial charge in [-0.25, -0.2) is 4.79 Å². The first kappa shape index (κ1) is 22.1. The minimum absolute atomic E-state index is 0.0322. The number of nitrogens with one attached hydrogen (secondary N) is 1. The van der Waals surface area contributed by atoms with Crippen LogP contribution in [-0.4, -0.2) is 65.9 Å². The lowest BCUT2D eigenvalue weighted by Gasteiger charge is -2.39. The number of amides is 1. The molecule has 1 aromatic carbocycles. The first-order valence-electron chi connectivity index (χ1n) is 11.5. The van der Waals surface area contributed by atoms with E-state index in [1.807, 2.05) is 26.8 Å². The van der Waals surface area contributed by atoms with E-state index < -0.39 is 5.60 Å².